The number of halogens is 2. The van der Waals surface area contributed by atoms with E-state index in [9.17, 15) is 9.59 Å². The molecule has 0 bridgehead atoms. The van der Waals surface area contributed by atoms with Crippen LogP contribution in [0.4, 0.5) is 15.8 Å². The van der Waals surface area contributed by atoms with Crippen LogP contribution in [0.25, 0.3) is 38.8 Å². The second-order valence-corrected chi connectivity index (χ2v) is 14.2. The van der Waals surface area contributed by atoms with Crippen LogP contribution in [0.15, 0.2) is 48.3 Å². The van der Waals surface area contributed by atoms with Gasteiger partial charge in [0.25, 0.3) is 11.5 Å². The Bertz CT molecular complexity index is 2300. The van der Waals surface area contributed by atoms with E-state index in [1.807, 2.05) is 58.6 Å². The molecule has 2 amide bonds. The highest BCUT2D eigenvalue weighted by molar-refractivity contribution is 6.35. The molecular weight excluding hydrogens is 659 g/mol. The molecule has 7 rings (SSSR count). The van der Waals surface area contributed by atoms with Crippen molar-refractivity contribution in [2.75, 3.05) is 29.9 Å². The van der Waals surface area contributed by atoms with Crippen LogP contribution in [0.1, 0.15) is 63.4 Å². The molecule has 1 fully saturated rings. The van der Waals surface area contributed by atoms with Crippen LogP contribution in [0.3, 0.4) is 0 Å². The van der Waals surface area contributed by atoms with Gasteiger partial charge in [-0.15, -0.1) is 0 Å². The highest BCUT2D eigenvalue weighted by atomic mass is 35.5. The third-order valence-corrected chi connectivity index (χ3v) is 10.3. The number of piperazine rings is 1. The lowest BCUT2D eigenvalue weighted by atomic mass is 9.93. The summed E-state index contributed by atoms with van der Waals surface area (Å²) in [5.74, 6) is -1.72. The van der Waals surface area contributed by atoms with Gasteiger partial charge >= 0.3 is 0 Å². The van der Waals surface area contributed by atoms with Crippen molar-refractivity contribution in [3.05, 3.63) is 81.7 Å². The first-order valence-electron chi connectivity index (χ1n) is 16.6. The SMILES string of the molecule is C=CC(=O)N1CC2C(=O)N(C)c3c(c4cc(Cl)c(-c5c(C)ccc6[nH]cnc56)c(F)c4n(-c4c(C(C)C)ncnc4C(C)C)c3=O)N2CC1C. The largest absolute Gasteiger partial charge is 0.354 e. The number of aryl methyl sites for hydroxylation is 1. The number of aromatic nitrogens is 5. The summed E-state index contributed by atoms with van der Waals surface area (Å²) in [6.45, 7) is 15.4. The number of rotatable bonds is 5. The number of H-pyrrole nitrogens is 1. The number of benzene rings is 2. The van der Waals surface area contributed by atoms with Crippen molar-refractivity contribution in [1.29, 1.82) is 0 Å². The van der Waals surface area contributed by atoms with Crippen molar-refractivity contribution < 1.29 is 14.0 Å². The number of nitrogens with zero attached hydrogens (tertiary/aromatic N) is 7. The molecule has 3 aromatic heterocycles. The lowest BCUT2D eigenvalue weighted by molar-refractivity contribution is -0.130. The number of carbonyl (C=O) groups excluding carboxylic acids is 2. The zero-order chi connectivity index (χ0) is 35.9. The van der Waals surface area contributed by atoms with Gasteiger partial charge in [-0.05, 0) is 49.5 Å². The molecule has 13 heteroatoms. The van der Waals surface area contributed by atoms with E-state index in [0.717, 1.165) is 5.56 Å². The molecule has 2 aliphatic rings. The molecule has 258 valence electrons. The Morgan fingerprint density at radius 1 is 1.04 bits per heavy atom. The quantitative estimate of drug-likeness (QED) is 0.216. The molecule has 2 atom stereocenters. The average Bonchev–Trinajstić information content (AvgIpc) is 3.56. The maximum Gasteiger partial charge on any atom is 0.281 e. The number of pyridine rings is 1. The Morgan fingerprint density at radius 3 is 2.36 bits per heavy atom. The standard InChI is InChI=1S/C37H38ClFN8O3/c1-9-25(48)45-14-24-36(49)44(8)35-33(46(24)13-20(45)7)21-12-22(38)27(26-19(6)10-11-23-31(26)43-15-40-23)28(39)32(21)47(37(35)50)34-29(17(2)3)41-16-42-30(34)18(4)5/h9-12,15-18,20,24H,1,13-14H2,2-8H3,(H,40,43). The summed E-state index contributed by atoms with van der Waals surface area (Å²) in [6.07, 6.45) is 4.23. The van der Waals surface area contributed by atoms with Crippen LogP contribution in [0, 0.1) is 12.7 Å². The van der Waals surface area contributed by atoms with Crippen molar-refractivity contribution >= 4 is 56.7 Å². The summed E-state index contributed by atoms with van der Waals surface area (Å²) in [5.41, 5.74) is 3.91. The van der Waals surface area contributed by atoms with E-state index in [-0.39, 0.29) is 64.6 Å². The first-order chi connectivity index (χ1) is 23.8. The lowest BCUT2D eigenvalue weighted by Crippen LogP contribution is -2.66. The van der Waals surface area contributed by atoms with Gasteiger partial charge in [0.2, 0.25) is 5.91 Å². The zero-order valence-electron chi connectivity index (χ0n) is 29.0. The van der Waals surface area contributed by atoms with Gasteiger partial charge in [-0.25, -0.2) is 19.3 Å². The van der Waals surface area contributed by atoms with Gasteiger partial charge in [-0.2, -0.15) is 0 Å². The van der Waals surface area contributed by atoms with E-state index in [2.05, 4.69) is 26.5 Å². The number of aromatic amines is 1. The summed E-state index contributed by atoms with van der Waals surface area (Å²) >= 11 is 7.13. The Morgan fingerprint density at radius 2 is 1.72 bits per heavy atom. The summed E-state index contributed by atoms with van der Waals surface area (Å²) in [5, 5.41) is 0.453. The van der Waals surface area contributed by atoms with Crippen LogP contribution in [-0.4, -0.2) is 73.4 Å². The number of likely N-dealkylation sites (N-methyl/N-ethyl adjacent to an activating group) is 1. The molecule has 0 saturated carbocycles. The fraction of sp³-hybridized carbons (Fsp3) is 0.351. The minimum atomic E-state index is -0.829. The first-order valence-corrected chi connectivity index (χ1v) is 17.0. The third-order valence-electron chi connectivity index (χ3n) is 9.98. The maximum atomic E-state index is 18.0. The van der Waals surface area contributed by atoms with Crippen molar-refractivity contribution in [3.63, 3.8) is 0 Å². The van der Waals surface area contributed by atoms with Crippen LogP contribution < -0.4 is 15.4 Å². The minimum absolute atomic E-state index is 0.0163. The van der Waals surface area contributed by atoms with Gasteiger partial charge in [0.15, 0.2) is 5.82 Å². The van der Waals surface area contributed by atoms with Gasteiger partial charge in [-0.3, -0.25) is 19.0 Å². The van der Waals surface area contributed by atoms with E-state index in [4.69, 9.17) is 11.6 Å². The second kappa shape index (κ2) is 12.0. The van der Waals surface area contributed by atoms with Crippen molar-refractivity contribution in [2.45, 2.75) is 65.5 Å². The fourth-order valence-corrected chi connectivity index (χ4v) is 7.86. The molecule has 2 aliphatic heterocycles. The fourth-order valence-electron chi connectivity index (χ4n) is 7.58. The molecule has 0 spiro atoms. The number of imidazole rings is 1. The highest BCUT2D eigenvalue weighted by Gasteiger charge is 2.46. The van der Waals surface area contributed by atoms with Gasteiger partial charge in [0.1, 0.15) is 18.1 Å². The van der Waals surface area contributed by atoms with Crippen LogP contribution in [-0.2, 0) is 9.59 Å². The number of carbonyl (C=O) groups is 2. The van der Waals surface area contributed by atoms with Crippen molar-refractivity contribution in [1.82, 2.24) is 29.4 Å². The number of anilines is 2. The van der Waals surface area contributed by atoms with E-state index >= 15 is 9.18 Å². The number of nitrogens with one attached hydrogen (secondary N) is 1. The average molecular weight is 697 g/mol. The van der Waals surface area contributed by atoms with E-state index in [0.29, 0.717) is 44.7 Å². The minimum Gasteiger partial charge on any atom is -0.354 e. The molecule has 11 nitrogen and oxygen atoms in total. The van der Waals surface area contributed by atoms with Crippen molar-refractivity contribution in [2.24, 2.45) is 0 Å². The van der Waals surface area contributed by atoms with Gasteiger partial charge in [0.05, 0.1) is 57.2 Å². The Hall–Kier alpha value is -5.10. The van der Waals surface area contributed by atoms with Crippen molar-refractivity contribution in [3.8, 4) is 16.8 Å². The number of fused-ring (bicyclic) bond motifs is 6. The summed E-state index contributed by atoms with van der Waals surface area (Å²) < 4.78 is 19.3. The van der Waals surface area contributed by atoms with Gasteiger partial charge in [-0.1, -0.05) is 51.9 Å². The van der Waals surface area contributed by atoms with E-state index in [1.165, 1.54) is 28.9 Å². The third kappa shape index (κ3) is 4.75. The Balaban J connectivity index is 1.67. The molecule has 0 aliphatic carbocycles. The molecular formula is C37H38ClFN8O3. The smallest absolute Gasteiger partial charge is 0.281 e. The topological polar surface area (TPSA) is 120 Å². The van der Waals surface area contributed by atoms with E-state index in [1.54, 1.807) is 17.3 Å². The molecule has 5 heterocycles. The summed E-state index contributed by atoms with van der Waals surface area (Å²) in [7, 11) is 1.54. The zero-order valence-corrected chi connectivity index (χ0v) is 29.8. The lowest BCUT2D eigenvalue weighted by Gasteiger charge is -2.50. The molecule has 0 radical (unpaired) electrons. The summed E-state index contributed by atoms with van der Waals surface area (Å²) in [4.78, 5) is 63.7. The van der Waals surface area contributed by atoms with Gasteiger partial charge in [0, 0.05) is 36.1 Å². The normalized spacial score (nSPS) is 17.7. The molecule has 2 unspecified atom stereocenters. The number of amides is 2. The Labute approximate surface area is 293 Å². The van der Waals surface area contributed by atoms with Gasteiger partial charge < -0.3 is 19.7 Å². The first kappa shape index (κ1) is 33.4. The highest BCUT2D eigenvalue weighted by Crippen LogP contribution is 2.47. The predicted molar refractivity (Wildman–Crippen MR) is 194 cm³/mol. The maximum absolute atomic E-state index is 18.0. The van der Waals surface area contributed by atoms with Crippen LogP contribution in [0.5, 0.6) is 0 Å². The predicted octanol–water partition coefficient (Wildman–Crippen LogP) is 6.24. The monoisotopic (exact) mass is 696 g/mol. The molecule has 1 N–H and O–H groups in total. The molecule has 1 saturated heterocycles. The van der Waals surface area contributed by atoms with Crippen LogP contribution in [0.2, 0.25) is 5.02 Å². The number of hydrogen-bond acceptors (Lipinski definition) is 7. The Kier molecular flexibility index (Phi) is 8.05. The molecule has 50 heavy (non-hydrogen) atoms. The molecule has 2 aromatic carbocycles. The number of hydrogen-bond donors (Lipinski definition) is 1. The summed E-state index contributed by atoms with van der Waals surface area (Å²) in [6, 6.07) is 4.24. The van der Waals surface area contributed by atoms with Crippen LogP contribution >= 0.6 is 11.6 Å². The second-order valence-electron chi connectivity index (χ2n) is 13.7. The van der Waals surface area contributed by atoms with E-state index < -0.39 is 17.4 Å². The molecule has 5 aromatic rings.